The van der Waals surface area contributed by atoms with Gasteiger partial charge >= 0.3 is 5.97 Å². The normalized spacial score (nSPS) is 24.8. The smallest absolute Gasteiger partial charge is 0.303 e. The Balaban J connectivity index is 1.80. The number of hydrogen-bond acceptors (Lipinski definition) is 7. The maximum atomic E-state index is 12.0. The minimum atomic E-state index is -0.815. The van der Waals surface area contributed by atoms with Crippen molar-refractivity contribution in [1.29, 1.82) is 0 Å². The average molecular weight is 458 g/mol. The fourth-order valence-corrected chi connectivity index (χ4v) is 3.79. The van der Waals surface area contributed by atoms with Crippen LogP contribution in [0.5, 0.6) is 0 Å². The standard InChI is InChI=1S/C25H31NO7/c1-17(27)26-22-24(31-15-20-12-8-5-9-13-20)23(32-18(2)28)21(33-25(22)29-3)16-30-14-19-10-6-4-7-11-19/h4-13,21-25H,14-16H2,1-3H3,(H,26,27)/t21-,22-,23-,24-,25+/m1/s1. The third kappa shape index (κ3) is 7.36. The van der Waals surface area contributed by atoms with Crippen LogP contribution in [0.4, 0.5) is 0 Å². The molecular formula is C25H31NO7. The van der Waals surface area contributed by atoms with Crippen molar-refractivity contribution >= 4 is 11.9 Å². The second-order valence-electron chi connectivity index (χ2n) is 7.84. The molecule has 0 bridgehead atoms. The SMILES string of the molecule is CO[C@H]1O[C@H](COCc2ccccc2)[C@@H](OC(C)=O)[C@H](OCc2ccccc2)[C@H]1NC(C)=O. The zero-order valence-corrected chi connectivity index (χ0v) is 19.1. The summed E-state index contributed by atoms with van der Waals surface area (Å²) in [6.07, 6.45) is -3.01. The van der Waals surface area contributed by atoms with E-state index in [0.717, 1.165) is 11.1 Å². The van der Waals surface area contributed by atoms with Gasteiger partial charge in [-0.05, 0) is 11.1 Å². The molecule has 33 heavy (non-hydrogen) atoms. The summed E-state index contributed by atoms with van der Waals surface area (Å²) in [5.41, 5.74) is 1.95. The van der Waals surface area contributed by atoms with Crippen LogP contribution in [-0.2, 0) is 46.5 Å². The Hall–Kier alpha value is -2.78. The Morgan fingerprint density at radius 2 is 1.52 bits per heavy atom. The Morgan fingerprint density at radius 1 is 0.909 bits per heavy atom. The molecule has 0 aliphatic carbocycles. The van der Waals surface area contributed by atoms with Crippen molar-refractivity contribution < 1.29 is 33.3 Å². The summed E-state index contributed by atoms with van der Waals surface area (Å²) in [7, 11) is 1.49. The van der Waals surface area contributed by atoms with E-state index in [2.05, 4.69) is 5.32 Å². The summed E-state index contributed by atoms with van der Waals surface area (Å²) in [5.74, 6) is -0.762. The van der Waals surface area contributed by atoms with Gasteiger partial charge in [-0.3, -0.25) is 9.59 Å². The molecule has 2 aromatic carbocycles. The third-order valence-electron chi connectivity index (χ3n) is 5.23. The van der Waals surface area contributed by atoms with Gasteiger partial charge < -0.3 is 29.0 Å². The molecule has 8 nitrogen and oxygen atoms in total. The maximum absolute atomic E-state index is 12.0. The van der Waals surface area contributed by atoms with Gasteiger partial charge in [0, 0.05) is 21.0 Å². The fraction of sp³-hybridized carbons (Fsp3) is 0.440. The van der Waals surface area contributed by atoms with Gasteiger partial charge in [0.05, 0.1) is 19.8 Å². The third-order valence-corrected chi connectivity index (χ3v) is 5.23. The summed E-state index contributed by atoms with van der Waals surface area (Å²) >= 11 is 0. The van der Waals surface area contributed by atoms with E-state index >= 15 is 0 Å². The zero-order chi connectivity index (χ0) is 23.6. The molecule has 1 aliphatic rings. The molecule has 0 unspecified atom stereocenters. The molecule has 1 aliphatic heterocycles. The summed E-state index contributed by atoms with van der Waals surface area (Å²) in [6, 6.07) is 18.6. The van der Waals surface area contributed by atoms with Gasteiger partial charge in [0.2, 0.25) is 5.91 Å². The van der Waals surface area contributed by atoms with Crippen molar-refractivity contribution in [2.24, 2.45) is 0 Å². The van der Waals surface area contributed by atoms with Crippen LogP contribution in [0.15, 0.2) is 60.7 Å². The first-order chi connectivity index (χ1) is 16.0. The van der Waals surface area contributed by atoms with Crippen LogP contribution in [0, 0.1) is 0 Å². The quantitative estimate of drug-likeness (QED) is 0.548. The minimum absolute atomic E-state index is 0.144. The van der Waals surface area contributed by atoms with Crippen molar-refractivity contribution in [2.45, 2.75) is 57.7 Å². The monoisotopic (exact) mass is 457 g/mol. The molecule has 178 valence electrons. The molecule has 5 atom stereocenters. The Kier molecular flexibility index (Phi) is 9.38. The van der Waals surface area contributed by atoms with Crippen molar-refractivity contribution in [1.82, 2.24) is 5.32 Å². The number of nitrogens with one attached hydrogen (secondary N) is 1. The number of rotatable bonds is 10. The number of carbonyl (C=O) groups is 2. The number of methoxy groups -OCH3 is 1. The van der Waals surface area contributed by atoms with Crippen molar-refractivity contribution in [2.75, 3.05) is 13.7 Å². The largest absolute Gasteiger partial charge is 0.457 e. The Morgan fingerprint density at radius 3 is 2.06 bits per heavy atom. The van der Waals surface area contributed by atoms with Crippen molar-refractivity contribution in [3.63, 3.8) is 0 Å². The average Bonchev–Trinajstić information content (AvgIpc) is 2.80. The molecule has 1 fully saturated rings. The summed E-state index contributed by atoms with van der Waals surface area (Å²) in [6.45, 7) is 3.50. The molecule has 3 rings (SSSR count). The fourth-order valence-electron chi connectivity index (χ4n) is 3.79. The van der Waals surface area contributed by atoms with Crippen LogP contribution >= 0.6 is 0 Å². The van der Waals surface area contributed by atoms with Crippen LogP contribution in [0.3, 0.4) is 0 Å². The number of amides is 1. The van der Waals surface area contributed by atoms with Crippen molar-refractivity contribution in [3.05, 3.63) is 71.8 Å². The van der Waals surface area contributed by atoms with Gasteiger partial charge in [0.1, 0.15) is 18.2 Å². The first-order valence-electron chi connectivity index (χ1n) is 10.9. The van der Waals surface area contributed by atoms with Crippen LogP contribution in [-0.4, -0.2) is 56.2 Å². The van der Waals surface area contributed by atoms with Crippen molar-refractivity contribution in [3.8, 4) is 0 Å². The van der Waals surface area contributed by atoms with E-state index in [4.69, 9.17) is 23.7 Å². The first kappa shape index (κ1) is 24.9. The number of benzene rings is 2. The molecule has 1 amide bonds. The molecular weight excluding hydrogens is 426 g/mol. The molecule has 0 radical (unpaired) electrons. The molecule has 1 N–H and O–H groups in total. The predicted octanol–water partition coefficient (Wildman–Crippen LogP) is 2.60. The molecule has 0 spiro atoms. The van der Waals surface area contributed by atoms with Crippen LogP contribution in [0.2, 0.25) is 0 Å². The van der Waals surface area contributed by atoms with Gasteiger partial charge in [-0.1, -0.05) is 60.7 Å². The number of hydrogen-bond donors (Lipinski definition) is 1. The zero-order valence-electron chi connectivity index (χ0n) is 19.1. The van der Waals surface area contributed by atoms with Gasteiger partial charge in [-0.25, -0.2) is 0 Å². The van der Waals surface area contributed by atoms with E-state index in [1.807, 2.05) is 60.7 Å². The Labute approximate surface area is 194 Å². The van der Waals surface area contributed by atoms with Gasteiger partial charge in [-0.2, -0.15) is 0 Å². The summed E-state index contributed by atoms with van der Waals surface area (Å²) in [5, 5.41) is 2.83. The lowest BCUT2D eigenvalue weighted by molar-refractivity contribution is -0.278. The van der Waals surface area contributed by atoms with E-state index < -0.39 is 36.6 Å². The van der Waals surface area contributed by atoms with Crippen LogP contribution in [0.25, 0.3) is 0 Å². The highest BCUT2D eigenvalue weighted by atomic mass is 16.7. The van der Waals surface area contributed by atoms with Gasteiger partial charge in [0.15, 0.2) is 12.4 Å². The number of esters is 1. The van der Waals surface area contributed by atoms with Gasteiger partial charge in [-0.15, -0.1) is 0 Å². The molecule has 1 heterocycles. The van der Waals surface area contributed by atoms with Crippen LogP contribution < -0.4 is 5.32 Å². The highest BCUT2D eigenvalue weighted by molar-refractivity contribution is 5.73. The van der Waals surface area contributed by atoms with Crippen LogP contribution in [0.1, 0.15) is 25.0 Å². The summed E-state index contributed by atoms with van der Waals surface area (Å²) < 4.78 is 29.3. The number of carbonyl (C=O) groups excluding carboxylic acids is 2. The lowest BCUT2D eigenvalue weighted by Gasteiger charge is -2.45. The molecule has 0 aromatic heterocycles. The lowest BCUT2D eigenvalue weighted by atomic mass is 9.96. The summed E-state index contributed by atoms with van der Waals surface area (Å²) in [4.78, 5) is 23.9. The molecule has 1 saturated heterocycles. The van der Waals surface area contributed by atoms with E-state index in [0.29, 0.717) is 6.61 Å². The predicted molar refractivity (Wildman–Crippen MR) is 120 cm³/mol. The number of ether oxygens (including phenoxy) is 5. The van der Waals surface area contributed by atoms with E-state index in [1.165, 1.54) is 21.0 Å². The Bertz CT molecular complexity index is 877. The highest BCUT2D eigenvalue weighted by Gasteiger charge is 2.49. The highest BCUT2D eigenvalue weighted by Crippen LogP contribution is 2.28. The van der Waals surface area contributed by atoms with E-state index in [-0.39, 0.29) is 19.1 Å². The molecule has 2 aromatic rings. The lowest BCUT2D eigenvalue weighted by Crippen LogP contribution is -2.66. The van der Waals surface area contributed by atoms with E-state index in [9.17, 15) is 9.59 Å². The molecule has 8 heteroatoms. The second-order valence-corrected chi connectivity index (χ2v) is 7.84. The first-order valence-corrected chi connectivity index (χ1v) is 10.9. The topological polar surface area (TPSA) is 92.3 Å². The van der Waals surface area contributed by atoms with Gasteiger partial charge in [0.25, 0.3) is 0 Å². The maximum Gasteiger partial charge on any atom is 0.303 e. The second kappa shape index (κ2) is 12.5. The van der Waals surface area contributed by atoms with E-state index in [1.54, 1.807) is 0 Å². The minimum Gasteiger partial charge on any atom is -0.457 e. The molecule has 0 saturated carbocycles.